The number of pyridine rings is 1. The van der Waals surface area contributed by atoms with Crippen LogP contribution in [0.1, 0.15) is 57.4 Å². The van der Waals surface area contributed by atoms with E-state index in [2.05, 4.69) is 37.3 Å². The average Bonchev–Trinajstić information content (AvgIpc) is 2.63. The lowest BCUT2D eigenvalue weighted by Gasteiger charge is -2.20. The number of hydrogen-bond acceptors (Lipinski definition) is 3. The second-order valence-electron chi connectivity index (χ2n) is 5.82. The zero-order valence-electron chi connectivity index (χ0n) is 12.4. The van der Waals surface area contributed by atoms with E-state index in [0.29, 0.717) is 12.0 Å². The summed E-state index contributed by atoms with van der Waals surface area (Å²) in [6, 6.07) is 2.82. The molecule has 0 spiro atoms. The van der Waals surface area contributed by atoms with Crippen LogP contribution in [0.15, 0.2) is 18.5 Å². The maximum absolute atomic E-state index is 5.75. The van der Waals surface area contributed by atoms with Crippen LogP contribution in [-0.2, 0) is 0 Å². The third-order valence-electron chi connectivity index (χ3n) is 3.91. The molecule has 2 atom stereocenters. The Hall–Kier alpha value is -1.09. The summed E-state index contributed by atoms with van der Waals surface area (Å²) in [4.78, 5) is 4.35. The van der Waals surface area contributed by atoms with E-state index >= 15 is 0 Å². The SMILES string of the molecule is CNC1CCCCC(c2cncc(OC(C)C)c2)C1. The van der Waals surface area contributed by atoms with Crippen molar-refractivity contribution in [3.8, 4) is 5.75 Å². The molecule has 19 heavy (non-hydrogen) atoms. The lowest BCUT2D eigenvalue weighted by Crippen LogP contribution is -2.25. The molecule has 1 aromatic rings. The van der Waals surface area contributed by atoms with Gasteiger partial charge in [-0.15, -0.1) is 0 Å². The minimum atomic E-state index is 0.205. The molecule has 1 aromatic heterocycles. The topological polar surface area (TPSA) is 34.2 Å². The molecule has 2 rings (SSSR count). The van der Waals surface area contributed by atoms with Crippen molar-refractivity contribution in [2.75, 3.05) is 7.05 Å². The van der Waals surface area contributed by atoms with E-state index in [1.54, 1.807) is 0 Å². The smallest absolute Gasteiger partial charge is 0.138 e. The first-order valence-electron chi connectivity index (χ1n) is 7.48. The molecule has 106 valence electrons. The van der Waals surface area contributed by atoms with Crippen molar-refractivity contribution < 1.29 is 4.74 Å². The van der Waals surface area contributed by atoms with E-state index < -0.39 is 0 Å². The van der Waals surface area contributed by atoms with Crippen molar-refractivity contribution in [3.05, 3.63) is 24.0 Å². The van der Waals surface area contributed by atoms with Crippen LogP contribution >= 0.6 is 0 Å². The number of aromatic nitrogens is 1. The molecule has 0 aliphatic heterocycles. The largest absolute Gasteiger partial charge is 0.489 e. The number of nitrogens with zero attached hydrogens (tertiary/aromatic N) is 1. The lowest BCUT2D eigenvalue weighted by molar-refractivity contribution is 0.241. The van der Waals surface area contributed by atoms with Crippen LogP contribution in [0.5, 0.6) is 5.75 Å². The van der Waals surface area contributed by atoms with Gasteiger partial charge in [0, 0.05) is 12.2 Å². The molecule has 1 N–H and O–H groups in total. The Balaban J connectivity index is 2.10. The van der Waals surface area contributed by atoms with Gasteiger partial charge < -0.3 is 10.1 Å². The van der Waals surface area contributed by atoms with Gasteiger partial charge in [0.15, 0.2) is 0 Å². The molecule has 0 amide bonds. The summed E-state index contributed by atoms with van der Waals surface area (Å²) in [5.41, 5.74) is 1.33. The maximum atomic E-state index is 5.75. The number of hydrogen-bond donors (Lipinski definition) is 1. The molecule has 3 nitrogen and oxygen atoms in total. The van der Waals surface area contributed by atoms with Gasteiger partial charge in [-0.05, 0) is 57.7 Å². The van der Waals surface area contributed by atoms with E-state index in [4.69, 9.17) is 4.74 Å². The summed E-state index contributed by atoms with van der Waals surface area (Å²) < 4.78 is 5.75. The molecule has 1 heterocycles. The molecular weight excluding hydrogens is 236 g/mol. The molecule has 0 bridgehead atoms. The average molecular weight is 262 g/mol. The quantitative estimate of drug-likeness (QED) is 0.843. The normalized spacial score (nSPS) is 24.2. The van der Waals surface area contributed by atoms with Crippen LogP contribution in [0.3, 0.4) is 0 Å². The van der Waals surface area contributed by atoms with Gasteiger partial charge in [0.1, 0.15) is 5.75 Å². The van der Waals surface area contributed by atoms with Gasteiger partial charge in [-0.2, -0.15) is 0 Å². The molecule has 2 unspecified atom stereocenters. The van der Waals surface area contributed by atoms with Crippen molar-refractivity contribution in [2.45, 2.75) is 64.0 Å². The van der Waals surface area contributed by atoms with E-state index in [0.717, 1.165) is 5.75 Å². The zero-order valence-corrected chi connectivity index (χ0v) is 12.4. The second kappa shape index (κ2) is 6.90. The number of nitrogens with one attached hydrogen (secondary N) is 1. The predicted octanol–water partition coefficient (Wildman–Crippen LogP) is 3.50. The Morgan fingerprint density at radius 3 is 2.79 bits per heavy atom. The van der Waals surface area contributed by atoms with Crippen LogP contribution < -0.4 is 10.1 Å². The Bertz CT molecular complexity index is 392. The fourth-order valence-corrected chi connectivity index (χ4v) is 2.92. The van der Waals surface area contributed by atoms with Crippen molar-refractivity contribution in [1.29, 1.82) is 0 Å². The van der Waals surface area contributed by atoms with Gasteiger partial charge in [-0.3, -0.25) is 4.98 Å². The van der Waals surface area contributed by atoms with Gasteiger partial charge >= 0.3 is 0 Å². The molecule has 0 aromatic carbocycles. The van der Waals surface area contributed by atoms with Crippen molar-refractivity contribution >= 4 is 0 Å². The van der Waals surface area contributed by atoms with E-state index in [1.807, 2.05) is 12.4 Å². The van der Waals surface area contributed by atoms with Crippen LogP contribution in [0.25, 0.3) is 0 Å². The van der Waals surface area contributed by atoms with Crippen LogP contribution in [0, 0.1) is 0 Å². The third kappa shape index (κ3) is 4.20. The summed E-state index contributed by atoms with van der Waals surface area (Å²) in [6.07, 6.45) is 10.5. The van der Waals surface area contributed by atoms with Crippen molar-refractivity contribution in [1.82, 2.24) is 10.3 Å². The van der Waals surface area contributed by atoms with Crippen LogP contribution in [0.4, 0.5) is 0 Å². The Labute approximate surface area is 116 Å². The van der Waals surface area contributed by atoms with Gasteiger partial charge in [-0.1, -0.05) is 12.8 Å². The minimum Gasteiger partial charge on any atom is -0.489 e. The summed E-state index contributed by atoms with van der Waals surface area (Å²) in [5.74, 6) is 1.51. The third-order valence-corrected chi connectivity index (χ3v) is 3.91. The summed E-state index contributed by atoms with van der Waals surface area (Å²) in [7, 11) is 2.07. The van der Waals surface area contributed by atoms with Crippen molar-refractivity contribution in [2.24, 2.45) is 0 Å². The highest BCUT2D eigenvalue weighted by molar-refractivity contribution is 5.27. The van der Waals surface area contributed by atoms with Gasteiger partial charge in [0.05, 0.1) is 12.3 Å². The number of rotatable bonds is 4. The van der Waals surface area contributed by atoms with E-state index in [1.165, 1.54) is 37.7 Å². The highest BCUT2D eigenvalue weighted by Gasteiger charge is 2.21. The summed E-state index contributed by atoms with van der Waals surface area (Å²) in [5, 5.41) is 3.44. The van der Waals surface area contributed by atoms with E-state index in [9.17, 15) is 0 Å². The molecular formula is C16H26N2O. The Kier molecular flexibility index (Phi) is 5.20. The first kappa shape index (κ1) is 14.3. The highest BCUT2D eigenvalue weighted by atomic mass is 16.5. The lowest BCUT2D eigenvalue weighted by atomic mass is 9.91. The van der Waals surface area contributed by atoms with Gasteiger partial charge in [-0.25, -0.2) is 0 Å². The molecule has 1 aliphatic rings. The second-order valence-corrected chi connectivity index (χ2v) is 5.82. The Morgan fingerprint density at radius 2 is 2.05 bits per heavy atom. The molecule has 0 radical (unpaired) electrons. The zero-order chi connectivity index (χ0) is 13.7. The standard InChI is InChI=1S/C16H26N2O/c1-12(2)19-16-9-14(10-18-11-16)13-6-4-5-7-15(8-13)17-3/h9-13,15,17H,4-8H2,1-3H3. The first-order valence-corrected chi connectivity index (χ1v) is 7.48. The van der Waals surface area contributed by atoms with Crippen LogP contribution in [-0.4, -0.2) is 24.2 Å². The molecule has 1 aliphatic carbocycles. The van der Waals surface area contributed by atoms with Crippen LogP contribution in [0.2, 0.25) is 0 Å². The molecule has 1 fully saturated rings. The molecule has 0 saturated heterocycles. The van der Waals surface area contributed by atoms with Crippen molar-refractivity contribution in [3.63, 3.8) is 0 Å². The van der Waals surface area contributed by atoms with E-state index in [-0.39, 0.29) is 6.10 Å². The fourth-order valence-electron chi connectivity index (χ4n) is 2.92. The van der Waals surface area contributed by atoms with Gasteiger partial charge in [0.25, 0.3) is 0 Å². The molecule has 1 saturated carbocycles. The monoisotopic (exact) mass is 262 g/mol. The first-order chi connectivity index (χ1) is 9.19. The highest BCUT2D eigenvalue weighted by Crippen LogP contribution is 2.32. The van der Waals surface area contributed by atoms with Gasteiger partial charge in [0.2, 0.25) is 0 Å². The maximum Gasteiger partial charge on any atom is 0.138 e. The summed E-state index contributed by atoms with van der Waals surface area (Å²) in [6.45, 7) is 4.10. The number of ether oxygens (including phenoxy) is 1. The molecule has 3 heteroatoms. The fraction of sp³-hybridized carbons (Fsp3) is 0.688. The minimum absolute atomic E-state index is 0.205. The Morgan fingerprint density at radius 1 is 1.26 bits per heavy atom. The summed E-state index contributed by atoms with van der Waals surface area (Å²) >= 11 is 0. The predicted molar refractivity (Wildman–Crippen MR) is 78.7 cm³/mol.